The van der Waals surface area contributed by atoms with Gasteiger partial charge < -0.3 is 5.32 Å². The van der Waals surface area contributed by atoms with Gasteiger partial charge in [0.1, 0.15) is 0 Å². The van der Waals surface area contributed by atoms with Gasteiger partial charge in [0.2, 0.25) is 0 Å². The lowest BCUT2D eigenvalue weighted by Crippen LogP contribution is -2.16. The van der Waals surface area contributed by atoms with Gasteiger partial charge in [0.05, 0.1) is 5.69 Å². The van der Waals surface area contributed by atoms with Gasteiger partial charge in [-0.15, -0.1) is 0 Å². The van der Waals surface area contributed by atoms with Gasteiger partial charge in [0.15, 0.2) is 11.5 Å². The standard InChI is InChI=1S/C19H17N3O2/c1-13-12-17(21-22(13)2)19(24)20-16-11-7-6-10-15(16)18(23)14-8-4-3-5-9-14/h3-12H,1-2H3,(H,20,24). The van der Waals surface area contributed by atoms with Crippen LogP contribution in [0.1, 0.15) is 32.1 Å². The van der Waals surface area contributed by atoms with Gasteiger partial charge in [0.25, 0.3) is 5.91 Å². The second-order valence-electron chi connectivity index (χ2n) is 5.49. The van der Waals surface area contributed by atoms with E-state index in [1.807, 2.05) is 25.1 Å². The number of rotatable bonds is 4. The van der Waals surface area contributed by atoms with Crippen molar-refractivity contribution < 1.29 is 9.59 Å². The Labute approximate surface area is 139 Å². The minimum absolute atomic E-state index is 0.135. The highest BCUT2D eigenvalue weighted by atomic mass is 16.2. The molecule has 1 amide bonds. The molecule has 0 aliphatic carbocycles. The summed E-state index contributed by atoms with van der Waals surface area (Å²) >= 11 is 0. The van der Waals surface area contributed by atoms with Crippen LogP contribution in [0.15, 0.2) is 60.7 Å². The largest absolute Gasteiger partial charge is 0.320 e. The van der Waals surface area contributed by atoms with Crippen molar-refractivity contribution >= 4 is 17.4 Å². The van der Waals surface area contributed by atoms with E-state index in [9.17, 15) is 9.59 Å². The van der Waals surface area contributed by atoms with Gasteiger partial charge >= 0.3 is 0 Å². The Hall–Kier alpha value is -3.21. The second-order valence-corrected chi connectivity index (χ2v) is 5.49. The summed E-state index contributed by atoms with van der Waals surface area (Å²) < 4.78 is 1.63. The van der Waals surface area contributed by atoms with Crippen molar-refractivity contribution in [1.82, 2.24) is 9.78 Å². The van der Waals surface area contributed by atoms with Crippen LogP contribution in [0.4, 0.5) is 5.69 Å². The molecule has 3 aromatic rings. The molecule has 0 unspecified atom stereocenters. The van der Waals surface area contributed by atoms with Gasteiger partial charge in [0, 0.05) is 23.9 Å². The Kier molecular flexibility index (Phi) is 4.24. The zero-order chi connectivity index (χ0) is 17.1. The number of aryl methyl sites for hydroxylation is 2. The highest BCUT2D eigenvalue weighted by Crippen LogP contribution is 2.20. The second kappa shape index (κ2) is 6.50. The van der Waals surface area contributed by atoms with Crippen LogP contribution in [0, 0.1) is 6.92 Å². The number of nitrogens with zero attached hydrogens (tertiary/aromatic N) is 2. The molecule has 0 radical (unpaired) electrons. The fourth-order valence-electron chi connectivity index (χ4n) is 2.39. The zero-order valence-corrected chi connectivity index (χ0v) is 13.5. The Morgan fingerprint density at radius 1 is 1.00 bits per heavy atom. The number of aromatic nitrogens is 2. The van der Waals surface area contributed by atoms with Crippen molar-refractivity contribution in [3.05, 3.63) is 83.2 Å². The van der Waals surface area contributed by atoms with Crippen LogP contribution in [0.25, 0.3) is 0 Å². The number of carbonyl (C=O) groups is 2. The molecule has 2 aromatic carbocycles. The first-order valence-electron chi connectivity index (χ1n) is 7.57. The number of para-hydroxylation sites is 1. The molecule has 1 aromatic heterocycles. The minimum atomic E-state index is -0.341. The Morgan fingerprint density at radius 3 is 2.33 bits per heavy atom. The molecule has 0 atom stereocenters. The molecule has 0 aliphatic rings. The van der Waals surface area contributed by atoms with E-state index in [-0.39, 0.29) is 11.7 Å². The zero-order valence-electron chi connectivity index (χ0n) is 13.5. The number of hydrogen-bond acceptors (Lipinski definition) is 3. The van der Waals surface area contributed by atoms with E-state index in [2.05, 4.69) is 10.4 Å². The maximum Gasteiger partial charge on any atom is 0.276 e. The summed E-state index contributed by atoms with van der Waals surface area (Å²) in [4.78, 5) is 25.1. The highest BCUT2D eigenvalue weighted by Gasteiger charge is 2.17. The van der Waals surface area contributed by atoms with Gasteiger partial charge in [-0.05, 0) is 25.1 Å². The first-order chi connectivity index (χ1) is 11.6. The fraction of sp³-hybridized carbons (Fsp3) is 0.105. The van der Waals surface area contributed by atoms with E-state index in [0.717, 1.165) is 5.69 Å². The number of nitrogens with one attached hydrogen (secondary N) is 1. The number of hydrogen-bond donors (Lipinski definition) is 1. The van der Waals surface area contributed by atoms with Crippen molar-refractivity contribution in [3.8, 4) is 0 Å². The lowest BCUT2D eigenvalue weighted by Gasteiger charge is -2.09. The molecule has 0 fully saturated rings. The van der Waals surface area contributed by atoms with Crippen molar-refractivity contribution in [1.29, 1.82) is 0 Å². The third-order valence-corrected chi connectivity index (χ3v) is 3.80. The third-order valence-electron chi connectivity index (χ3n) is 3.80. The van der Waals surface area contributed by atoms with Crippen molar-refractivity contribution in [2.24, 2.45) is 7.05 Å². The predicted octanol–water partition coefficient (Wildman–Crippen LogP) is 3.21. The normalized spacial score (nSPS) is 10.4. The van der Waals surface area contributed by atoms with E-state index in [1.165, 1.54) is 0 Å². The first kappa shape index (κ1) is 15.7. The van der Waals surface area contributed by atoms with E-state index in [4.69, 9.17) is 0 Å². The maximum absolute atomic E-state index is 12.7. The van der Waals surface area contributed by atoms with Gasteiger partial charge in [-0.25, -0.2) is 0 Å². The van der Waals surface area contributed by atoms with Crippen LogP contribution in [-0.2, 0) is 7.05 Å². The summed E-state index contributed by atoms with van der Waals surface area (Å²) in [5.41, 5.74) is 2.70. The molecule has 0 bridgehead atoms. The molecular formula is C19H17N3O2. The van der Waals surface area contributed by atoms with Crippen LogP contribution in [0.3, 0.4) is 0 Å². The summed E-state index contributed by atoms with van der Waals surface area (Å²) in [6.45, 7) is 1.87. The predicted molar refractivity (Wildman–Crippen MR) is 92.2 cm³/mol. The third kappa shape index (κ3) is 3.10. The molecule has 1 N–H and O–H groups in total. The lowest BCUT2D eigenvalue weighted by molar-refractivity contribution is 0.102. The minimum Gasteiger partial charge on any atom is -0.320 e. The van der Waals surface area contributed by atoms with E-state index >= 15 is 0 Å². The number of carbonyl (C=O) groups excluding carboxylic acids is 2. The molecule has 0 spiro atoms. The van der Waals surface area contributed by atoms with Gasteiger partial charge in [-0.3, -0.25) is 14.3 Å². The molecule has 1 heterocycles. The van der Waals surface area contributed by atoms with E-state index < -0.39 is 0 Å². The van der Waals surface area contributed by atoms with Gasteiger partial charge in [-0.2, -0.15) is 5.10 Å². The number of benzene rings is 2. The molecule has 120 valence electrons. The highest BCUT2D eigenvalue weighted by molar-refractivity contribution is 6.15. The Balaban J connectivity index is 1.89. The van der Waals surface area contributed by atoms with E-state index in [1.54, 1.807) is 54.2 Å². The molecule has 3 rings (SSSR count). The fourth-order valence-corrected chi connectivity index (χ4v) is 2.39. The average molecular weight is 319 g/mol. The summed E-state index contributed by atoms with van der Waals surface area (Å²) in [6.07, 6.45) is 0. The van der Waals surface area contributed by atoms with Gasteiger partial charge in [-0.1, -0.05) is 42.5 Å². The molecular weight excluding hydrogens is 302 g/mol. The molecule has 0 aliphatic heterocycles. The summed E-state index contributed by atoms with van der Waals surface area (Å²) in [5, 5.41) is 6.94. The van der Waals surface area contributed by atoms with Crippen LogP contribution in [-0.4, -0.2) is 21.5 Å². The topological polar surface area (TPSA) is 64.0 Å². The van der Waals surface area contributed by atoms with E-state index in [0.29, 0.717) is 22.5 Å². The number of ketones is 1. The Morgan fingerprint density at radius 2 is 1.67 bits per heavy atom. The smallest absolute Gasteiger partial charge is 0.276 e. The molecule has 5 nitrogen and oxygen atoms in total. The molecule has 0 saturated carbocycles. The van der Waals surface area contributed by atoms with Crippen LogP contribution in [0.2, 0.25) is 0 Å². The first-order valence-corrected chi connectivity index (χ1v) is 7.57. The summed E-state index contributed by atoms with van der Waals surface area (Å²) in [6, 6.07) is 17.7. The van der Waals surface area contributed by atoms with Crippen LogP contribution < -0.4 is 5.32 Å². The van der Waals surface area contributed by atoms with Crippen LogP contribution >= 0.6 is 0 Å². The Bertz CT molecular complexity index is 878. The maximum atomic E-state index is 12.7. The lowest BCUT2D eigenvalue weighted by atomic mass is 10.0. The molecule has 5 heteroatoms. The van der Waals surface area contributed by atoms with Crippen molar-refractivity contribution in [3.63, 3.8) is 0 Å². The van der Waals surface area contributed by atoms with Crippen LogP contribution in [0.5, 0.6) is 0 Å². The quantitative estimate of drug-likeness (QED) is 0.751. The average Bonchev–Trinajstić information content (AvgIpc) is 2.95. The van der Waals surface area contributed by atoms with Crippen molar-refractivity contribution in [2.45, 2.75) is 6.92 Å². The summed E-state index contributed by atoms with van der Waals surface area (Å²) in [7, 11) is 1.78. The molecule has 24 heavy (non-hydrogen) atoms. The number of anilines is 1. The number of amides is 1. The molecule has 0 saturated heterocycles. The van der Waals surface area contributed by atoms with Crippen molar-refractivity contribution in [2.75, 3.05) is 5.32 Å². The SMILES string of the molecule is Cc1cc(C(=O)Nc2ccccc2C(=O)c2ccccc2)nn1C. The summed E-state index contributed by atoms with van der Waals surface area (Å²) in [5.74, 6) is -0.476. The monoisotopic (exact) mass is 319 g/mol.